The molecular formula is C19H22N6O. The van der Waals surface area contributed by atoms with Crippen molar-refractivity contribution in [2.75, 3.05) is 0 Å². The second-order valence-electron chi connectivity index (χ2n) is 7.34. The highest BCUT2D eigenvalue weighted by Gasteiger charge is 2.26. The van der Waals surface area contributed by atoms with Gasteiger partial charge < -0.3 is 0 Å². The summed E-state index contributed by atoms with van der Waals surface area (Å²) >= 11 is 0. The third kappa shape index (κ3) is 2.34. The number of hydrogen-bond acceptors (Lipinski definition) is 4. The Morgan fingerprint density at radius 2 is 2.19 bits per heavy atom. The summed E-state index contributed by atoms with van der Waals surface area (Å²) in [7, 11) is 0. The summed E-state index contributed by atoms with van der Waals surface area (Å²) in [5.41, 5.74) is 2.71. The molecule has 1 saturated carbocycles. The van der Waals surface area contributed by atoms with Crippen LogP contribution in [0.4, 0.5) is 5.82 Å². The smallest absolute Gasteiger partial charge is 0.260 e. The Kier molecular flexibility index (Phi) is 3.55. The lowest BCUT2D eigenvalue weighted by atomic mass is 9.85. The maximum absolute atomic E-state index is 13.0. The molecule has 5 rings (SSSR count). The zero-order chi connectivity index (χ0) is 17.7. The maximum atomic E-state index is 13.0. The minimum Gasteiger partial charge on any atom is -0.278 e. The van der Waals surface area contributed by atoms with E-state index in [1.54, 1.807) is 10.8 Å². The summed E-state index contributed by atoms with van der Waals surface area (Å²) in [5, 5.41) is 4.50. The van der Waals surface area contributed by atoms with Crippen LogP contribution in [0.3, 0.4) is 0 Å². The summed E-state index contributed by atoms with van der Waals surface area (Å²) in [4.78, 5) is 22.1. The van der Waals surface area contributed by atoms with Crippen molar-refractivity contribution in [3.63, 3.8) is 0 Å². The van der Waals surface area contributed by atoms with E-state index in [9.17, 15) is 4.79 Å². The first-order valence-electron chi connectivity index (χ1n) is 9.43. The normalized spacial score (nSPS) is 16.7. The van der Waals surface area contributed by atoms with Crippen LogP contribution in [-0.2, 0) is 19.5 Å². The van der Waals surface area contributed by atoms with E-state index in [2.05, 4.69) is 23.2 Å². The second kappa shape index (κ2) is 5.93. The number of hydrogen-bond donors (Lipinski definition) is 0. The molecule has 0 amide bonds. The van der Waals surface area contributed by atoms with Gasteiger partial charge in [-0.2, -0.15) is 5.10 Å². The molecule has 0 atom stereocenters. The molecule has 0 spiro atoms. The van der Waals surface area contributed by atoms with Gasteiger partial charge in [0.2, 0.25) is 5.78 Å². The molecule has 1 aliphatic carbocycles. The highest BCUT2D eigenvalue weighted by molar-refractivity contribution is 6.05. The molecule has 26 heavy (non-hydrogen) atoms. The SMILES string of the molecule is CCCn1c(=O)c2c(n3ccnc13)N=C(c1cnn(CC3CCC3)c1)C2. The Balaban J connectivity index is 1.52. The molecule has 7 nitrogen and oxygen atoms in total. The zero-order valence-electron chi connectivity index (χ0n) is 14.9. The van der Waals surface area contributed by atoms with Crippen molar-refractivity contribution in [2.45, 2.75) is 52.1 Å². The van der Waals surface area contributed by atoms with Crippen LogP contribution in [0.1, 0.15) is 43.7 Å². The van der Waals surface area contributed by atoms with Crippen LogP contribution in [0, 0.1) is 5.92 Å². The monoisotopic (exact) mass is 350 g/mol. The van der Waals surface area contributed by atoms with E-state index < -0.39 is 0 Å². The van der Waals surface area contributed by atoms with E-state index in [4.69, 9.17) is 4.99 Å². The number of rotatable bonds is 5. The fourth-order valence-corrected chi connectivity index (χ4v) is 3.91. The lowest BCUT2D eigenvalue weighted by Crippen LogP contribution is -2.26. The predicted octanol–water partition coefficient (Wildman–Crippen LogP) is 2.58. The average Bonchev–Trinajstić information content (AvgIpc) is 3.32. The van der Waals surface area contributed by atoms with Gasteiger partial charge in [0.25, 0.3) is 5.56 Å². The molecule has 0 saturated heterocycles. The lowest BCUT2D eigenvalue weighted by molar-refractivity contribution is 0.266. The maximum Gasteiger partial charge on any atom is 0.260 e. The van der Waals surface area contributed by atoms with Gasteiger partial charge >= 0.3 is 0 Å². The van der Waals surface area contributed by atoms with Crippen molar-refractivity contribution >= 4 is 17.3 Å². The molecule has 1 fully saturated rings. The molecule has 0 bridgehead atoms. The first kappa shape index (κ1) is 15.5. The molecule has 0 aromatic carbocycles. The Bertz CT molecular complexity index is 1070. The van der Waals surface area contributed by atoms with Crippen LogP contribution in [0.15, 0.2) is 34.6 Å². The van der Waals surface area contributed by atoms with Gasteiger partial charge in [-0.15, -0.1) is 0 Å². The Morgan fingerprint density at radius 1 is 1.31 bits per heavy atom. The summed E-state index contributed by atoms with van der Waals surface area (Å²) in [6.45, 7) is 3.72. The number of aliphatic imine (C=N–C) groups is 1. The van der Waals surface area contributed by atoms with Gasteiger partial charge in [-0.3, -0.25) is 18.4 Å². The van der Waals surface area contributed by atoms with E-state index in [0.29, 0.717) is 18.7 Å². The zero-order valence-corrected chi connectivity index (χ0v) is 14.9. The minimum absolute atomic E-state index is 0.0289. The van der Waals surface area contributed by atoms with Crippen LogP contribution in [0.25, 0.3) is 5.78 Å². The van der Waals surface area contributed by atoms with Gasteiger partial charge in [0.15, 0.2) is 0 Å². The largest absolute Gasteiger partial charge is 0.278 e. The number of nitrogens with zero attached hydrogens (tertiary/aromatic N) is 6. The number of aromatic nitrogens is 5. The fourth-order valence-electron chi connectivity index (χ4n) is 3.91. The molecule has 7 heteroatoms. The van der Waals surface area contributed by atoms with E-state index in [-0.39, 0.29) is 5.56 Å². The number of imidazole rings is 1. The molecule has 0 radical (unpaired) electrons. The van der Waals surface area contributed by atoms with E-state index >= 15 is 0 Å². The van der Waals surface area contributed by atoms with Crippen molar-refractivity contribution in [3.05, 3.63) is 46.3 Å². The molecule has 4 heterocycles. The molecule has 134 valence electrons. The lowest BCUT2D eigenvalue weighted by Gasteiger charge is -2.24. The van der Waals surface area contributed by atoms with Crippen LogP contribution in [0.2, 0.25) is 0 Å². The quantitative estimate of drug-likeness (QED) is 0.710. The molecule has 0 unspecified atom stereocenters. The van der Waals surface area contributed by atoms with Crippen molar-refractivity contribution < 1.29 is 0 Å². The molecule has 3 aromatic heterocycles. The summed E-state index contributed by atoms with van der Waals surface area (Å²) in [6, 6.07) is 0. The molecule has 2 aliphatic rings. The first-order valence-corrected chi connectivity index (χ1v) is 9.43. The summed E-state index contributed by atoms with van der Waals surface area (Å²) in [6.07, 6.45) is 12.9. The van der Waals surface area contributed by atoms with Gasteiger partial charge in [-0.25, -0.2) is 9.98 Å². The Hall–Kier alpha value is -2.70. The van der Waals surface area contributed by atoms with E-state index in [1.165, 1.54) is 19.3 Å². The molecule has 3 aromatic rings. The predicted molar refractivity (Wildman–Crippen MR) is 99.2 cm³/mol. The fraction of sp³-hybridized carbons (Fsp3) is 0.474. The Labute approximate surface area is 151 Å². The Morgan fingerprint density at radius 3 is 2.96 bits per heavy atom. The second-order valence-corrected chi connectivity index (χ2v) is 7.34. The van der Waals surface area contributed by atoms with E-state index in [1.807, 2.05) is 21.5 Å². The van der Waals surface area contributed by atoms with Crippen LogP contribution < -0.4 is 5.56 Å². The first-order chi connectivity index (χ1) is 12.7. The van der Waals surface area contributed by atoms with Crippen LogP contribution in [-0.4, -0.2) is 29.4 Å². The van der Waals surface area contributed by atoms with Crippen molar-refractivity contribution in [1.82, 2.24) is 23.7 Å². The standard InChI is InChI=1S/C19H22N6O/c1-2-7-25-18(26)15-9-16(22-17(15)24-8-6-20-19(24)25)14-10-21-23(12-14)11-13-4-3-5-13/h6,8,10,12-13H,2-5,7,9,11H2,1H3. The van der Waals surface area contributed by atoms with Crippen LogP contribution in [0.5, 0.6) is 0 Å². The third-order valence-corrected chi connectivity index (χ3v) is 5.53. The highest BCUT2D eigenvalue weighted by atomic mass is 16.1. The topological polar surface area (TPSA) is 69.5 Å². The minimum atomic E-state index is 0.0289. The van der Waals surface area contributed by atoms with Gasteiger partial charge in [0.1, 0.15) is 5.82 Å². The van der Waals surface area contributed by atoms with Gasteiger partial charge in [-0.05, 0) is 25.2 Å². The van der Waals surface area contributed by atoms with Crippen molar-refractivity contribution in [1.29, 1.82) is 0 Å². The summed E-state index contributed by atoms with van der Waals surface area (Å²) < 4.78 is 5.71. The molecule has 0 N–H and O–H groups in total. The molecule has 1 aliphatic heterocycles. The number of fused-ring (bicyclic) bond motifs is 3. The van der Waals surface area contributed by atoms with Gasteiger partial charge in [-0.1, -0.05) is 13.3 Å². The molecular weight excluding hydrogens is 328 g/mol. The third-order valence-electron chi connectivity index (χ3n) is 5.53. The van der Waals surface area contributed by atoms with Crippen molar-refractivity contribution in [2.24, 2.45) is 10.9 Å². The summed E-state index contributed by atoms with van der Waals surface area (Å²) in [5.74, 6) is 2.15. The van der Waals surface area contributed by atoms with Crippen molar-refractivity contribution in [3.8, 4) is 0 Å². The number of aryl methyl sites for hydroxylation is 1. The van der Waals surface area contributed by atoms with E-state index in [0.717, 1.165) is 41.5 Å². The highest BCUT2D eigenvalue weighted by Crippen LogP contribution is 2.29. The van der Waals surface area contributed by atoms with Crippen LogP contribution >= 0.6 is 0 Å². The average molecular weight is 350 g/mol. The van der Waals surface area contributed by atoms with Gasteiger partial charge in [0.05, 0.1) is 17.5 Å². The van der Waals surface area contributed by atoms with Gasteiger partial charge in [0, 0.05) is 43.7 Å².